The predicted octanol–water partition coefficient (Wildman–Crippen LogP) is 1.66. The van der Waals surface area contributed by atoms with E-state index in [1.165, 1.54) is 5.56 Å². The molecule has 0 radical (unpaired) electrons. The van der Waals surface area contributed by atoms with Gasteiger partial charge in [-0.15, -0.1) is 0 Å². The molecule has 100 valence electrons. The van der Waals surface area contributed by atoms with Crippen LogP contribution in [0.15, 0.2) is 30.3 Å². The highest BCUT2D eigenvalue weighted by Crippen LogP contribution is 2.37. The lowest BCUT2D eigenvalue weighted by Gasteiger charge is -2.43. The number of aliphatic hydroxyl groups excluding tert-OH is 2. The molecule has 0 spiro atoms. The maximum atomic E-state index is 9.41. The van der Waals surface area contributed by atoms with E-state index in [-0.39, 0.29) is 13.2 Å². The van der Waals surface area contributed by atoms with Gasteiger partial charge in [0.2, 0.25) is 0 Å². The third kappa shape index (κ3) is 2.74. The second-order valence-electron chi connectivity index (χ2n) is 5.37. The molecule has 1 saturated carbocycles. The molecule has 0 aliphatic heterocycles. The van der Waals surface area contributed by atoms with E-state index in [0.717, 1.165) is 19.3 Å². The molecule has 1 aliphatic rings. The van der Waals surface area contributed by atoms with Crippen LogP contribution in [0.1, 0.15) is 37.7 Å². The second-order valence-corrected chi connectivity index (χ2v) is 5.37. The van der Waals surface area contributed by atoms with Crippen LogP contribution in [0, 0.1) is 0 Å². The zero-order valence-electron chi connectivity index (χ0n) is 11.0. The molecular weight excluding hydrogens is 226 g/mol. The van der Waals surface area contributed by atoms with E-state index in [1.807, 2.05) is 13.0 Å². The Morgan fingerprint density at radius 2 is 1.78 bits per heavy atom. The van der Waals surface area contributed by atoms with Gasteiger partial charge in [-0.25, -0.2) is 0 Å². The van der Waals surface area contributed by atoms with Gasteiger partial charge in [0.25, 0.3) is 0 Å². The van der Waals surface area contributed by atoms with E-state index in [2.05, 4.69) is 29.6 Å². The molecule has 0 atom stereocenters. The van der Waals surface area contributed by atoms with E-state index in [1.54, 1.807) is 0 Å². The average molecular weight is 249 g/mol. The van der Waals surface area contributed by atoms with Gasteiger partial charge in [-0.05, 0) is 30.7 Å². The molecule has 0 aromatic heterocycles. The largest absolute Gasteiger partial charge is 0.394 e. The van der Waals surface area contributed by atoms with E-state index >= 15 is 0 Å². The standard InChI is InChI=1S/C15H23NO2/c1-2-15(10-17,11-18)16-14-8-13(9-14)12-6-4-3-5-7-12/h3-7,13-14,16-18H,2,8-11H2,1H3. The smallest absolute Gasteiger partial charge is 0.0647 e. The topological polar surface area (TPSA) is 52.5 Å². The average Bonchev–Trinajstić information content (AvgIpc) is 2.40. The van der Waals surface area contributed by atoms with Gasteiger partial charge >= 0.3 is 0 Å². The number of hydrogen-bond acceptors (Lipinski definition) is 3. The molecule has 0 bridgehead atoms. The van der Waals surface area contributed by atoms with Crippen molar-refractivity contribution in [3.8, 4) is 0 Å². The van der Waals surface area contributed by atoms with Gasteiger partial charge in [-0.3, -0.25) is 0 Å². The molecule has 1 aromatic rings. The molecule has 0 unspecified atom stereocenters. The minimum absolute atomic E-state index is 0.00744. The Labute approximate surface area is 109 Å². The lowest BCUT2D eigenvalue weighted by Crippen LogP contribution is -2.58. The lowest BCUT2D eigenvalue weighted by molar-refractivity contribution is 0.0627. The number of rotatable bonds is 6. The highest BCUT2D eigenvalue weighted by atomic mass is 16.3. The highest BCUT2D eigenvalue weighted by Gasteiger charge is 2.36. The Morgan fingerprint density at radius 1 is 1.17 bits per heavy atom. The first-order valence-electron chi connectivity index (χ1n) is 6.77. The first-order chi connectivity index (χ1) is 8.73. The number of benzene rings is 1. The van der Waals surface area contributed by atoms with Gasteiger partial charge in [0.1, 0.15) is 0 Å². The van der Waals surface area contributed by atoms with Crippen molar-refractivity contribution in [3.63, 3.8) is 0 Å². The second kappa shape index (κ2) is 5.83. The molecule has 0 heterocycles. The summed E-state index contributed by atoms with van der Waals surface area (Å²) in [6.45, 7) is 1.98. The fraction of sp³-hybridized carbons (Fsp3) is 0.600. The molecule has 2 rings (SSSR count). The van der Waals surface area contributed by atoms with Crippen LogP contribution >= 0.6 is 0 Å². The van der Waals surface area contributed by atoms with Crippen molar-refractivity contribution in [1.82, 2.24) is 5.32 Å². The normalized spacial score (nSPS) is 23.7. The molecule has 3 N–H and O–H groups in total. The van der Waals surface area contributed by atoms with E-state index < -0.39 is 5.54 Å². The van der Waals surface area contributed by atoms with Crippen LogP contribution in [0.3, 0.4) is 0 Å². The van der Waals surface area contributed by atoms with E-state index in [9.17, 15) is 10.2 Å². The molecule has 3 heteroatoms. The number of aliphatic hydroxyl groups is 2. The molecule has 3 nitrogen and oxygen atoms in total. The third-order valence-corrected chi connectivity index (χ3v) is 4.20. The van der Waals surface area contributed by atoms with Crippen LogP contribution < -0.4 is 5.32 Å². The summed E-state index contributed by atoms with van der Waals surface area (Å²) in [5, 5.41) is 22.2. The summed E-state index contributed by atoms with van der Waals surface area (Å²) in [7, 11) is 0. The van der Waals surface area contributed by atoms with Crippen molar-refractivity contribution >= 4 is 0 Å². The van der Waals surface area contributed by atoms with Crippen molar-refractivity contribution in [2.45, 2.75) is 43.7 Å². The van der Waals surface area contributed by atoms with Crippen LogP contribution in [-0.2, 0) is 0 Å². The van der Waals surface area contributed by atoms with Gasteiger partial charge in [0, 0.05) is 6.04 Å². The van der Waals surface area contributed by atoms with E-state index in [4.69, 9.17) is 0 Å². The highest BCUT2D eigenvalue weighted by molar-refractivity contribution is 5.23. The van der Waals surface area contributed by atoms with Crippen molar-refractivity contribution < 1.29 is 10.2 Å². The predicted molar refractivity (Wildman–Crippen MR) is 72.5 cm³/mol. The fourth-order valence-corrected chi connectivity index (χ4v) is 2.63. The molecule has 0 amide bonds. The molecular formula is C15H23NO2. The zero-order valence-corrected chi connectivity index (χ0v) is 11.0. The Balaban J connectivity index is 1.86. The lowest BCUT2D eigenvalue weighted by atomic mass is 9.74. The summed E-state index contributed by atoms with van der Waals surface area (Å²) < 4.78 is 0. The molecule has 1 fully saturated rings. The van der Waals surface area contributed by atoms with E-state index in [0.29, 0.717) is 12.0 Å². The van der Waals surface area contributed by atoms with Gasteiger partial charge in [-0.2, -0.15) is 0 Å². The zero-order chi connectivity index (χ0) is 13.0. The van der Waals surface area contributed by atoms with Crippen LogP contribution in [0.4, 0.5) is 0 Å². The fourth-order valence-electron chi connectivity index (χ4n) is 2.63. The molecule has 0 saturated heterocycles. The summed E-state index contributed by atoms with van der Waals surface area (Å²) in [6.07, 6.45) is 2.92. The Hall–Kier alpha value is -0.900. The van der Waals surface area contributed by atoms with Crippen LogP contribution in [0.25, 0.3) is 0 Å². The van der Waals surface area contributed by atoms with Gasteiger partial charge in [0.05, 0.1) is 18.8 Å². The van der Waals surface area contributed by atoms with Crippen molar-refractivity contribution in [2.75, 3.05) is 13.2 Å². The summed E-state index contributed by atoms with van der Waals surface area (Å²) in [5.74, 6) is 0.621. The van der Waals surface area contributed by atoms with Gasteiger partial charge < -0.3 is 15.5 Å². The van der Waals surface area contributed by atoms with Crippen LogP contribution in [0.2, 0.25) is 0 Å². The maximum Gasteiger partial charge on any atom is 0.0647 e. The van der Waals surface area contributed by atoms with Gasteiger partial charge in [-0.1, -0.05) is 37.3 Å². The summed E-state index contributed by atoms with van der Waals surface area (Å²) >= 11 is 0. The SMILES string of the molecule is CCC(CO)(CO)NC1CC(c2ccccc2)C1. The molecule has 1 aromatic carbocycles. The Morgan fingerprint density at radius 3 is 2.28 bits per heavy atom. The first-order valence-corrected chi connectivity index (χ1v) is 6.77. The molecule has 1 aliphatic carbocycles. The Bertz CT molecular complexity index is 348. The summed E-state index contributed by atoms with van der Waals surface area (Å²) in [6, 6.07) is 11.0. The van der Waals surface area contributed by atoms with Crippen molar-refractivity contribution in [2.24, 2.45) is 0 Å². The van der Waals surface area contributed by atoms with Crippen LogP contribution in [-0.4, -0.2) is 35.0 Å². The third-order valence-electron chi connectivity index (χ3n) is 4.20. The number of hydrogen-bond donors (Lipinski definition) is 3. The maximum absolute atomic E-state index is 9.41. The molecule has 18 heavy (non-hydrogen) atoms. The summed E-state index contributed by atoms with van der Waals surface area (Å²) in [5.41, 5.74) is 0.887. The Kier molecular flexibility index (Phi) is 4.38. The van der Waals surface area contributed by atoms with Gasteiger partial charge in [0.15, 0.2) is 0 Å². The quantitative estimate of drug-likeness (QED) is 0.718. The van der Waals surface area contributed by atoms with Crippen molar-refractivity contribution in [3.05, 3.63) is 35.9 Å². The monoisotopic (exact) mass is 249 g/mol. The first kappa shape index (κ1) is 13.5. The minimum Gasteiger partial charge on any atom is -0.394 e. The minimum atomic E-state index is -0.508. The van der Waals surface area contributed by atoms with Crippen LogP contribution in [0.5, 0.6) is 0 Å². The number of nitrogens with one attached hydrogen (secondary N) is 1. The summed E-state index contributed by atoms with van der Waals surface area (Å²) in [4.78, 5) is 0. The van der Waals surface area contributed by atoms with Crippen molar-refractivity contribution in [1.29, 1.82) is 0 Å².